The SMILES string of the molecule is CCn1cncc1Cc1c(CN2CCN(c3cccc(OCc4ccc(C#N)cc4F)n3)CC2)nn2ccc(C(=O)O)cc12. The lowest BCUT2D eigenvalue weighted by atomic mass is 10.1. The molecule has 1 aromatic carbocycles. The molecule has 1 N–H and O–H groups in total. The lowest BCUT2D eigenvalue weighted by Gasteiger charge is -2.35. The first-order chi connectivity index (χ1) is 21.4. The molecule has 5 heterocycles. The summed E-state index contributed by atoms with van der Waals surface area (Å²) in [6.07, 6.45) is 5.96. The third-order valence-electron chi connectivity index (χ3n) is 7.90. The number of nitriles is 1. The van der Waals surface area contributed by atoms with Crippen LogP contribution < -0.4 is 9.64 Å². The number of nitrogens with zero attached hydrogens (tertiary/aromatic N) is 8. The van der Waals surface area contributed by atoms with E-state index in [1.807, 2.05) is 30.7 Å². The molecule has 0 spiro atoms. The third-order valence-corrected chi connectivity index (χ3v) is 7.90. The molecule has 0 radical (unpaired) electrons. The fraction of sp³-hybridized carbons (Fsp3) is 0.281. The average molecular weight is 595 g/mol. The van der Waals surface area contributed by atoms with Gasteiger partial charge in [-0.15, -0.1) is 0 Å². The number of ether oxygens (including phenoxy) is 1. The van der Waals surface area contributed by atoms with E-state index in [4.69, 9.17) is 15.1 Å². The van der Waals surface area contributed by atoms with Gasteiger partial charge < -0.3 is 19.3 Å². The predicted octanol–water partition coefficient (Wildman–Crippen LogP) is 4.15. The Morgan fingerprint density at radius 1 is 1.14 bits per heavy atom. The Labute approximate surface area is 253 Å². The van der Waals surface area contributed by atoms with Gasteiger partial charge in [-0.25, -0.2) is 18.7 Å². The van der Waals surface area contributed by atoms with Crippen molar-refractivity contribution in [1.82, 2.24) is 29.0 Å². The zero-order valence-corrected chi connectivity index (χ0v) is 24.2. The van der Waals surface area contributed by atoms with Gasteiger partial charge in [0.15, 0.2) is 0 Å². The van der Waals surface area contributed by atoms with E-state index >= 15 is 0 Å². The standard InChI is InChI=1S/C32H31FN8O3/c1-2-39-21-35-18-25(39)16-26-28(37-41-9-8-23(32(42)43)15-29(26)41)19-38-10-12-40(13-11-38)30-4-3-5-31(36-30)44-20-24-7-6-22(17-34)14-27(24)33/h3-9,14-15,18,21H,2,10-13,16,19-20H2,1H3,(H,42,43). The molecule has 0 aliphatic carbocycles. The van der Waals surface area contributed by atoms with Gasteiger partial charge in [0.05, 0.1) is 34.7 Å². The van der Waals surface area contributed by atoms with Crippen LogP contribution in [0.5, 0.6) is 5.88 Å². The molecule has 224 valence electrons. The van der Waals surface area contributed by atoms with Gasteiger partial charge in [-0.1, -0.05) is 12.1 Å². The maximum atomic E-state index is 14.3. The summed E-state index contributed by atoms with van der Waals surface area (Å²) >= 11 is 0. The highest BCUT2D eigenvalue weighted by atomic mass is 19.1. The van der Waals surface area contributed by atoms with Crippen molar-refractivity contribution in [2.45, 2.75) is 33.0 Å². The number of aromatic nitrogens is 5. The lowest BCUT2D eigenvalue weighted by molar-refractivity contribution is 0.0697. The number of anilines is 1. The first-order valence-corrected chi connectivity index (χ1v) is 14.4. The van der Waals surface area contributed by atoms with Crippen LogP contribution in [0.2, 0.25) is 0 Å². The number of aromatic carboxylic acids is 1. The van der Waals surface area contributed by atoms with Crippen LogP contribution in [0.3, 0.4) is 0 Å². The van der Waals surface area contributed by atoms with E-state index in [1.165, 1.54) is 6.07 Å². The molecule has 11 nitrogen and oxygen atoms in total. The van der Waals surface area contributed by atoms with Crippen molar-refractivity contribution in [1.29, 1.82) is 5.26 Å². The fourth-order valence-electron chi connectivity index (χ4n) is 5.45. The number of hydrogen-bond acceptors (Lipinski definition) is 8. The molecule has 1 fully saturated rings. The minimum absolute atomic E-state index is 0.0100. The van der Waals surface area contributed by atoms with E-state index in [1.54, 1.807) is 41.0 Å². The Kier molecular flexibility index (Phi) is 8.21. The zero-order chi connectivity index (χ0) is 30.6. The zero-order valence-electron chi connectivity index (χ0n) is 24.2. The summed E-state index contributed by atoms with van der Waals surface area (Å²) < 4.78 is 23.9. The summed E-state index contributed by atoms with van der Waals surface area (Å²) in [5.74, 6) is -0.274. The van der Waals surface area contributed by atoms with Gasteiger partial charge in [-0.3, -0.25) is 4.90 Å². The number of piperazine rings is 1. The number of halogens is 1. The van der Waals surface area contributed by atoms with E-state index in [0.717, 1.165) is 61.0 Å². The summed E-state index contributed by atoms with van der Waals surface area (Å²) in [5.41, 5.74) is 4.58. The highest BCUT2D eigenvalue weighted by molar-refractivity contribution is 5.89. The number of carboxylic acid groups (broad SMARTS) is 1. The maximum Gasteiger partial charge on any atom is 0.335 e. The fourth-order valence-corrected chi connectivity index (χ4v) is 5.45. The van der Waals surface area contributed by atoms with E-state index < -0.39 is 11.8 Å². The van der Waals surface area contributed by atoms with Gasteiger partial charge in [0.25, 0.3) is 0 Å². The highest BCUT2D eigenvalue weighted by Gasteiger charge is 2.23. The molecule has 12 heteroatoms. The normalized spacial score (nSPS) is 13.7. The van der Waals surface area contributed by atoms with Crippen LogP contribution >= 0.6 is 0 Å². The van der Waals surface area contributed by atoms with Gasteiger partial charge >= 0.3 is 5.97 Å². The third kappa shape index (κ3) is 6.09. The second-order valence-corrected chi connectivity index (χ2v) is 10.6. The molecule has 5 aromatic rings. The van der Waals surface area contributed by atoms with Crippen LogP contribution in [0, 0.1) is 17.1 Å². The Hall–Kier alpha value is -5.28. The van der Waals surface area contributed by atoms with Crippen molar-refractivity contribution in [3.63, 3.8) is 0 Å². The van der Waals surface area contributed by atoms with Crippen molar-refractivity contribution in [3.05, 3.63) is 107 Å². The number of carboxylic acids is 1. The molecule has 1 aliphatic rings. The summed E-state index contributed by atoms with van der Waals surface area (Å²) in [5, 5.41) is 23.4. The molecular weight excluding hydrogens is 563 g/mol. The van der Waals surface area contributed by atoms with Crippen LogP contribution in [0.25, 0.3) is 5.52 Å². The number of imidazole rings is 1. The molecule has 6 rings (SSSR count). The van der Waals surface area contributed by atoms with Crippen molar-refractivity contribution in [2.24, 2.45) is 0 Å². The number of hydrogen-bond donors (Lipinski definition) is 1. The molecule has 1 aliphatic heterocycles. The molecule has 0 atom stereocenters. The van der Waals surface area contributed by atoms with E-state index in [-0.39, 0.29) is 17.7 Å². The average Bonchev–Trinajstić information content (AvgIpc) is 3.64. The largest absolute Gasteiger partial charge is 0.478 e. The quantitative estimate of drug-likeness (QED) is 0.254. The lowest BCUT2D eigenvalue weighted by Crippen LogP contribution is -2.46. The van der Waals surface area contributed by atoms with Gasteiger partial charge in [-0.2, -0.15) is 15.3 Å². The van der Waals surface area contributed by atoms with Crippen LogP contribution in [0.15, 0.2) is 67.3 Å². The predicted molar refractivity (Wildman–Crippen MR) is 160 cm³/mol. The van der Waals surface area contributed by atoms with Crippen molar-refractivity contribution < 1.29 is 19.0 Å². The topological polar surface area (TPSA) is 125 Å². The van der Waals surface area contributed by atoms with Crippen LogP contribution in [0.1, 0.15) is 45.4 Å². The van der Waals surface area contributed by atoms with E-state index in [2.05, 4.69) is 31.3 Å². The Balaban J connectivity index is 1.14. The van der Waals surface area contributed by atoms with Crippen LogP contribution in [-0.4, -0.2) is 66.3 Å². The number of benzene rings is 1. The number of fused-ring (bicyclic) bond motifs is 1. The molecular formula is C32H31FN8O3. The van der Waals surface area contributed by atoms with E-state index in [9.17, 15) is 14.3 Å². The molecule has 0 bridgehead atoms. The summed E-state index contributed by atoms with van der Waals surface area (Å²) in [6.45, 7) is 6.54. The Bertz CT molecular complexity index is 1850. The molecule has 0 unspecified atom stereocenters. The van der Waals surface area contributed by atoms with E-state index in [0.29, 0.717) is 24.4 Å². The Morgan fingerprint density at radius 2 is 1.98 bits per heavy atom. The molecule has 44 heavy (non-hydrogen) atoms. The number of carbonyl (C=O) groups is 1. The molecule has 4 aromatic heterocycles. The summed E-state index contributed by atoms with van der Waals surface area (Å²) in [7, 11) is 0. The number of pyridine rings is 2. The van der Waals surface area contributed by atoms with Gasteiger partial charge in [0.2, 0.25) is 5.88 Å². The monoisotopic (exact) mass is 594 g/mol. The summed E-state index contributed by atoms with van der Waals surface area (Å²) in [6, 6.07) is 15.0. The number of aryl methyl sites for hydroxylation is 1. The van der Waals surface area contributed by atoms with Crippen molar-refractivity contribution >= 4 is 17.3 Å². The minimum atomic E-state index is -0.972. The van der Waals surface area contributed by atoms with Crippen molar-refractivity contribution in [2.75, 3.05) is 31.1 Å². The van der Waals surface area contributed by atoms with Gasteiger partial charge in [-0.05, 0) is 37.3 Å². The van der Waals surface area contributed by atoms with Crippen molar-refractivity contribution in [3.8, 4) is 11.9 Å². The van der Waals surface area contributed by atoms with Gasteiger partial charge in [0.1, 0.15) is 18.2 Å². The first-order valence-electron chi connectivity index (χ1n) is 14.4. The van der Waals surface area contributed by atoms with Crippen LogP contribution in [-0.2, 0) is 26.1 Å². The maximum absolute atomic E-state index is 14.3. The molecule has 0 saturated carbocycles. The second-order valence-electron chi connectivity index (χ2n) is 10.6. The highest BCUT2D eigenvalue weighted by Crippen LogP contribution is 2.25. The summed E-state index contributed by atoms with van der Waals surface area (Å²) in [4.78, 5) is 25.2. The first kappa shape index (κ1) is 28.8. The van der Waals surface area contributed by atoms with Crippen LogP contribution in [0.4, 0.5) is 10.2 Å². The second kappa shape index (κ2) is 12.5. The number of rotatable bonds is 10. The Morgan fingerprint density at radius 3 is 2.73 bits per heavy atom. The van der Waals surface area contributed by atoms with Gasteiger partial charge in [0, 0.05) is 81.0 Å². The molecule has 1 saturated heterocycles. The molecule has 0 amide bonds. The smallest absolute Gasteiger partial charge is 0.335 e. The minimum Gasteiger partial charge on any atom is -0.478 e.